The van der Waals surface area contributed by atoms with Crippen LogP contribution in [-0.2, 0) is 9.53 Å². The van der Waals surface area contributed by atoms with Crippen molar-refractivity contribution in [2.75, 3.05) is 6.61 Å². The summed E-state index contributed by atoms with van der Waals surface area (Å²) >= 11 is 15.8. The summed E-state index contributed by atoms with van der Waals surface area (Å²) in [5.74, 6) is -0.440. The SMILES string of the molecule is CCOc1cc(/C=C2/N=C(c3sc4cc(C)ccc4c3Cl)OC2=O)ccc1OC(=O)c1sc2cc(C)ccc2c1Cl. The van der Waals surface area contributed by atoms with Crippen LogP contribution in [0.25, 0.3) is 26.2 Å². The summed E-state index contributed by atoms with van der Waals surface area (Å²) in [7, 11) is 0. The first-order valence-electron chi connectivity index (χ1n) is 12.6. The molecule has 206 valence electrons. The Kier molecular flexibility index (Phi) is 7.34. The number of rotatable bonds is 6. The normalized spacial score (nSPS) is 14.1. The lowest BCUT2D eigenvalue weighted by atomic mass is 10.1. The topological polar surface area (TPSA) is 74.2 Å². The van der Waals surface area contributed by atoms with Crippen LogP contribution in [0.1, 0.15) is 38.2 Å². The van der Waals surface area contributed by atoms with Crippen molar-refractivity contribution in [1.82, 2.24) is 0 Å². The Morgan fingerprint density at radius 1 is 0.927 bits per heavy atom. The Morgan fingerprint density at radius 2 is 1.61 bits per heavy atom. The van der Waals surface area contributed by atoms with E-state index in [2.05, 4.69) is 4.99 Å². The first-order valence-corrected chi connectivity index (χ1v) is 15.0. The second-order valence-corrected chi connectivity index (χ2v) is 12.2. The van der Waals surface area contributed by atoms with Crippen molar-refractivity contribution in [2.24, 2.45) is 4.99 Å². The van der Waals surface area contributed by atoms with E-state index in [0.29, 0.717) is 37.7 Å². The molecule has 5 aromatic rings. The fourth-order valence-corrected chi connectivity index (χ4v) is 7.41. The Balaban J connectivity index is 1.29. The lowest BCUT2D eigenvalue weighted by molar-refractivity contribution is -0.129. The average molecular weight is 623 g/mol. The van der Waals surface area contributed by atoms with Crippen LogP contribution < -0.4 is 9.47 Å². The van der Waals surface area contributed by atoms with Crippen LogP contribution in [0.2, 0.25) is 10.0 Å². The number of carbonyl (C=O) groups is 2. The molecule has 2 aromatic heterocycles. The van der Waals surface area contributed by atoms with Gasteiger partial charge in [0.15, 0.2) is 17.2 Å². The van der Waals surface area contributed by atoms with E-state index in [0.717, 1.165) is 31.3 Å². The predicted molar refractivity (Wildman–Crippen MR) is 166 cm³/mol. The van der Waals surface area contributed by atoms with Crippen LogP contribution >= 0.6 is 45.9 Å². The monoisotopic (exact) mass is 621 g/mol. The van der Waals surface area contributed by atoms with Gasteiger partial charge in [0.25, 0.3) is 0 Å². The number of hydrogen-bond donors (Lipinski definition) is 0. The zero-order chi connectivity index (χ0) is 28.8. The Morgan fingerprint density at radius 3 is 2.32 bits per heavy atom. The van der Waals surface area contributed by atoms with E-state index in [1.54, 1.807) is 24.3 Å². The molecule has 1 aliphatic heterocycles. The van der Waals surface area contributed by atoms with Gasteiger partial charge in [-0.25, -0.2) is 14.6 Å². The molecule has 6 nitrogen and oxygen atoms in total. The molecular formula is C31H21Cl2NO5S2. The summed E-state index contributed by atoms with van der Waals surface area (Å²) in [6.07, 6.45) is 1.58. The number of ether oxygens (including phenoxy) is 3. The van der Waals surface area contributed by atoms with Gasteiger partial charge in [0.2, 0.25) is 5.90 Å². The molecule has 6 rings (SSSR count). The molecule has 0 radical (unpaired) electrons. The highest BCUT2D eigenvalue weighted by Gasteiger charge is 2.28. The molecule has 0 spiro atoms. The number of aliphatic imine (C=N–C) groups is 1. The summed E-state index contributed by atoms with van der Waals surface area (Å²) in [5, 5.41) is 2.54. The summed E-state index contributed by atoms with van der Waals surface area (Å²) in [4.78, 5) is 31.1. The molecule has 0 fully saturated rings. The van der Waals surface area contributed by atoms with Gasteiger partial charge >= 0.3 is 11.9 Å². The van der Waals surface area contributed by atoms with Gasteiger partial charge in [-0.15, -0.1) is 22.7 Å². The summed E-state index contributed by atoms with van der Waals surface area (Å²) in [5.41, 5.74) is 2.90. The minimum Gasteiger partial charge on any atom is -0.490 e. The number of aryl methyl sites for hydroxylation is 2. The van der Waals surface area contributed by atoms with Gasteiger partial charge in [-0.05, 0) is 67.8 Å². The largest absolute Gasteiger partial charge is 0.490 e. The minimum atomic E-state index is -0.590. The van der Waals surface area contributed by atoms with Crippen LogP contribution in [0.15, 0.2) is 65.3 Å². The van der Waals surface area contributed by atoms with Crippen molar-refractivity contribution >= 4 is 90.0 Å². The van der Waals surface area contributed by atoms with Crippen molar-refractivity contribution in [3.63, 3.8) is 0 Å². The van der Waals surface area contributed by atoms with Crippen molar-refractivity contribution in [3.05, 3.63) is 96.8 Å². The highest BCUT2D eigenvalue weighted by molar-refractivity contribution is 7.22. The van der Waals surface area contributed by atoms with E-state index >= 15 is 0 Å². The first kappa shape index (κ1) is 27.5. The van der Waals surface area contributed by atoms with E-state index < -0.39 is 11.9 Å². The molecule has 0 aliphatic carbocycles. The van der Waals surface area contributed by atoms with Crippen LogP contribution in [0, 0.1) is 13.8 Å². The summed E-state index contributed by atoms with van der Waals surface area (Å²) < 4.78 is 18.8. The van der Waals surface area contributed by atoms with Crippen LogP contribution in [0.3, 0.4) is 0 Å². The predicted octanol–water partition coefficient (Wildman–Crippen LogP) is 9.00. The smallest absolute Gasteiger partial charge is 0.363 e. The number of benzene rings is 3. The lowest BCUT2D eigenvalue weighted by Gasteiger charge is -2.11. The highest BCUT2D eigenvalue weighted by atomic mass is 35.5. The Labute approximate surface area is 253 Å². The first-order chi connectivity index (χ1) is 19.7. The van der Waals surface area contributed by atoms with Crippen molar-refractivity contribution < 1.29 is 23.8 Å². The zero-order valence-electron chi connectivity index (χ0n) is 22.0. The van der Waals surface area contributed by atoms with Gasteiger partial charge in [0.05, 0.1) is 16.7 Å². The molecule has 3 heterocycles. The third-order valence-electron chi connectivity index (χ3n) is 6.34. The summed E-state index contributed by atoms with van der Waals surface area (Å²) in [6, 6.07) is 16.8. The maximum absolute atomic E-state index is 13.1. The second kappa shape index (κ2) is 10.9. The molecule has 0 N–H and O–H groups in total. The van der Waals surface area contributed by atoms with Gasteiger partial charge in [-0.3, -0.25) is 0 Å². The number of thiophene rings is 2. The van der Waals surface area contributed by atoms with Gasteiger partial charge < -0.3 is 14.2 Å². The number of esters is 2. The van der Waals surface area contributed by atoms with Crippen LogP contribution in [-0.4, -0.2) is 24.4 Å². The van der Waals surface area contributed by atoms with E-state index in [9.17, 15) is 9.59 Å². The number of carbonyl (C=O) groups excluding carboxylic acids is 2. The third-order valence-corrected chi connectivity index (χ3v) is 9.63. The van der Waals surface area contributed by atoms with Gasteiger partial charge in [0.1, 0.15) is 9.75 Å². The number of fused-ring (bicyclic) bond motifs is 2. The van der Waals surface area contributed by atoms with Gasteiger partial charge in [-0.1, -0.05) is 53.5 Å². The molecule has 41 heavy (non-hydrogen) atoms. The van der Waals surface area contributed by atoms with Gasteiger partial charge in [0, 0.05) is 20.2 Å². The van der Waals surface area contributed by atoms with Crippen molar-refractivity contribution in [1.29, 1.82) is 0 Å². The third kappa shape index (κ3) is 5.24. The molecule has 0 bridgehead atoms. The molecule has 10 heteroatoms. The van der Waals surface area contributed by atoms with Crippen LogP contribution in [0.5, 0.6) is 11.5 Å². The lowest BCUT2D eigenvalue weighted by Crippen LogP contribution is -2.08. The minimum absolute atomic E-state index is 0.115. The van der Waals surface area contributed by atoms with E-state index in [-0.39, 0.29) is 17.3 Å². The number of cyclic esters (lactones) is 1. The second-order valence-electron chi connectivity index (χ2n) is 9.35. The molecule has 0 amide bonds. The molecule has 1 aliphatic rings. The van der Waals surface area contributed by atoms with E-state index in [4.69, 9.17) is 37.4 Å². The molecular weight excluding hydrogens is 601 g/mol. The molecule has 3 aromatic carbocycles. The average Bonchev–Trinajstić information content (AvgIpc) is 3.57. The maximum atomic E-state index is 13.1. The fraction of sp³-hybridized carbons (Fsp3) is 0.129. The highest BCUT2D eigenvalue weighted by Crippen LogP contribution is 2.39. The van der Waals surface area contributed by atoms with Crippen molar-refractivity contribution in [3.8, 4) is 11.5 Å². The van der Waals surface area contributed by atoms with Gasteiger partial charge in [-0.2, -0.15) is 0 Å². The maximum Gasteiger partial charge on any atom is 0.363 e. The summed E-state index contributed by atoms with van der Waals surface area (Å²) in [6.45, 7) is 6.14. The zero-order valence-corrected chi connectivity index (χ0v) is 25.2. The Hall–Kier alpha value is -3.69. The fourth-order valence-electron chi connectivity index (χ4n) is 4.39. The molecule has 0 saturated carbocycles. The van der Waals surface area contributed by atoms with Crippen molar-refractivity contribution in [2.45, 2.75) is 20.8 Å². The quantitative estimate of drug-likeness (QED) is 0.107. The molecule has 0 atom stereocenters. The van der Waals surface area contributed by atoms with E-state index in [1.165, 1.54) is 22.7 Å². The molecule has 0 unspecified atom stereocenters. The Bertz CT molecular complexity index is 1950. The van der Waals surface area contributed by atoms with E-state index in [1.807, 2.05) is 57.2 Å². The number of nitrogens with zero attached hydrogens (tertiary/aromatic N) is 1. The number of hydrogen-bond acceptors (Lipinski definition) is 8. The standard InChI is InChI=1S/C31H21Cl2NO5S2/c1-4-37-22-14-17(7-10-21(22)38-31(36)28-26(33)19-9-6-16(3)12-24(19)41-28)13-20-30(35)39-29(34-20)27-25(32)18-8-5-15(2)11-23(18)40-27/h5-14H,4H2,1-3H3/b20-13+. The molecule has 0 saturated heterocycles. The number of halogens is 2. The van der Waals surface area contributed by atoms with Crippen LogP contribution in [0.4, 0.5) is 0 Å².